The average molecular weight is 285 g/mol. The van der Waals surface area contributed by atoms with Gasteiger partial charge in [-0.15, -0.1) is 0 Å². The highest BCUT2D eigenvalue weighted by Gasteiger charge is 2.44. The number of rotatable bonds is 3. The molecule has 2 rings (SSSR count). The minimum Gasteiger partial charge on any atom is -0.409 e. The molecule has 0 aromatic carbocycles. The fourth-order valence-corrected chi connectivity index (χ4v) is 4.12. The van der Waals surface area contributed by atoms with Crippen molar-refractivity contribution in [2.75, 3.05) is 11.5 Å². The Hall–Kier alpha value is -0.910. The number of thioether (sulfide) groups is 1. The van der Waals surface area contributed by atoms with Crippen LogP contribution in [0.4, 0.5) is 0 Å². The summed E-state index contributed by atoms with van der Waals surface area (Å²) in [5.41, 5.74) is 5.04. The summed E-state index contributed by atoms with van der Waals surface area (Å²) in [6.07, 6.45) is 6.46. The maximum absolute atomic E-state index is 12.6. The van der Waals surface area contributed by atoms with Gasteiger partial charge in [-0.05, 0) is 37.2 Å². The van der Waals surface area contributed by atoms with Gasteiger partial charge in [0.1, 0.15) is 5.41 Å². The van der Waals surface area contributed by atoms with Crippen LogP contribution in [-0.4, -0.2) is 34.5 Å². The van der Waals surface area contributed by atoms with Gasteiger partial charge in [0.25, 0.3) is 0 Å². The molecular weight excluding hydrogens is 262 g/mol. The minimum atomic E-state index is -0.780. The molecule has 1 saturated heterocycles. The van der Waals surface area contributed by atoms with Gasteiger partial charge in [0, 0.05) is 6.04 Å². The number of carbonyl (C=O) groups excluding carboxylic acids is 1. The van der Waals surface area contributed by atoms with E-state index in [-0.39, 0.29) is 17.8 Å². The van der Waals surface area contributed by atoms with Crippen molar-refractivity contribution in [1.29, 1.82) is 0 Å². The van der Waals surface area contributed by atoms with E-state index >= 15 is 0 Å². The summed E-state index contributed by atoms with van der Waals surface area (Å²) in [6, 6.07) is 0.249. The van der Waals surface area contributed by atoms with Crippen molar-refractivity contribution in [2.24, 2.45) is 16.3 Å². The lowest BCUT2D eigenvalue weighted by atomic mass is 9.72. The zero-order chi connectivity index (χ0) is 13.7. The quantitative estimate of drug-likeness (QED) is 0.319. The number of amidine groups is 1. The molecule has 0 aromatic rings. The molecule has 0 spiro atoms. The van der Waals surface area contributed by atoms with Crippen molar-refractivity contribution < 1.29 is 10.0 Å². The van der Waals surface area contributed by atoms with E-state index in [9.17, 15) is 4.79 Å². The molecule has 0 radical (unpaired) electrons. The van der Waals surface area contributed by atoms with Crippen LogP contribution in [0.2, 0.25) is 0 Å². The van der Waals surface area contributed by atoms with Crippen LogP contribution in [0.1, 0.15) is 44.9 Å². The van der Waals surface area contributed by atoms with Crippen LogP contribution in [0.25, 0.3) is 0 Å². The van der Waals surface area contributed by atoms with Gasteiger partial charge in [0.15, 0.2) is 5.84 Å². The summed E-state index contributed by atoms with van der Waals surface area (Å²) < 4.78 is 0. The van der Waals surface area contributed by atoms with Crippen LogP contribution in [0.5, 0.6) is 0 Å². The summed E-state index contributed by atoms with van der Waals surface area (Å²) in [5, 5.41) is 15.2. The molecule has 1 amide bonds. The topological polar surface area (TPSA) is 87.7 Å². The number of oxime groups is 1. The Morgan fingerprint density at radius 1 is 1.26 bits per heavy atom. The Kier molecular flexibility index (Phi) is 4.96. The molecule has 6 heteroatoms. The molecule has 2 aliphatic rings. The number of hydrogen-bond donors (Lipinski definition) is 3. The van der Waals surface area contributed by atoms with Gasteiger partial charge in [0.2, 0.25) is 5.91 Å². The molecular formula is C13H23N3O2S. The van der Waals surface area contributed by atoms with Gasteiger partial charge < -0.3 is 16.3 Å². The van der Waals surface area contributed by atoms with E-state index in [0.29, 0.717) is 12.8 Å². The van der Waals surface area contributed by atoms with Crippen molar-refractivity contribution >= 4 is 23.5 Å². The zero-order valence-electron chi connectivity index (χ0n) is 11.2. The fraction of sp³-hybridized carbons (Fsp3) is 0.846. The lowest BCUT2D eigenvalue weighted by Gasteiger charge is -2.36. The molecule has 1 saturated carbocycles. The van der Waals surface area contributed by atoms with E-state index in [1.54, 1.807) is 0 Å². The summed E-state index contributed by atoms with van der Waals surface area (Å²) in [5.74, 6) is 2.23. The molecule has 1 aliphatic heterocycles. The third-order valence-electron chi connectivity index (χ3n) is 4.30. The highest BCUT2D eigenvalue weighted by Crippen LogP contribution is 2.37. The molecule has 4 N–H and O–H groups in total. The Balaban J connectivity index is 2.06. The normalized spacial score (nSPS) is 24.9. The average Bonchev–Trinajstić information content (AvgIpc) is 2.48. The highest BCUT2D eigenvalue weighted by molar-refractivity contribution is 7.99. The molecule has 5 nitrogen and oxygen atoms in total. The van der Waals surface area contributed by atoms with Crippen molar-refractivity contribution in [3.63, 3.8) is 0 Å². The van der Waals surface area contributed by atoms with E-state index < -0.39 is 5.41 Å². The molecule has 0 aromatic heterocycles. The molecule has 0 unspecified atom stereocenters. The van der Waals surface area contributed by atoms with Crippen LogP contribution in [0.3, 0.4) is 0 Å². The molecule has 2 fully saturated rings. The van der Waals surface area contributed by atoms with Crippen LogP contribution in [0, 0.1) is 5.41 Å². The van der Waals surface area contributed by atoms with Crippen molar-refractivity contribution in [1.82, 2.24) is 5.32 Å². The van der Waals surface area contributed by atoms with Gasteiger partial charge in [-0.3, -0.25) is 4.79 Å². The number of nitrogens with one attached hydrogen (secondary N) is 1. The first-order chi connectivity index (χ1) is 9.19. The van der Waals surface area contributed by atoms with Gasteiger partial charge >= 0.3 is 0 Å². The Morgan fingerprint density at radius 3 is 2.47 bits per heavy atom. The van der Waals surface area contributed by atoms with E-state index in [1.165, 1.54) is 0 Å². The minimum absolute atomic E-state index is 0.0422. The second kappa shape index (κ2) is 6.50. The first-order valence-corrected chi connectivity index (χ1v) is 8.21. The number of nitrogens with zero attached hydrogens (tertiary/aromatic N) is 1. The first-order valence-electron chi connectivity index (χ1n) is 7.06. The van der Waals surface area contributed by atoms with Crippen LogP contribution in [-0.2, 0) is 4.79 Å². The maximum atomic E-state index is 12.6. The smallest absolute Gasteiger partial charge is 0.234 e. The molecule has 0 atom stereocenters. The maximum Gasteiger partial charge on any atom is 0.234 e. The molecule has 0 bridgehead atoms. The van der Waals surface area contributed by atoms with E-state index in [4.69, 9.17) is 10.9 Å². The molecule has 1 heterocycles. The van der Waals surface area contributed by atoms with Crippen LogP contribution >= 0.6 is 11.8 Å². The molecule has 19 heavy (non-hydrogen) atoms. The standard InChI is InChI=1S/C13H23N3O2S/c14-11(16-18)13(6-2-1-3-7-13)12(17)15-10-4-8-19-9-5-10/h10,18H,1-9H2,(H2,14,16)(H,15,17). The Morgan fingerprint density at radius 2 is 1.89 bits per heavy atom. The second-order valence-electron chi connectivity index (χ2n) is 5.49. The van der Waals surface area contributed by atoms with Gasteiger partial charge in [0.05, 0.1) is 0 Å². The number of nitrogens with two attached hydrogens (primary N) is 1. The third kappa shape index (κ3) is 3.16. The van der Waals surface area contributed by atoms with Crippen LogP contribution < -0.4 is 11.1 Å². The molecule has 1 aliphatic carbocycles. The van der Waals surface area contributed by atoms with E-state index in [0.717, 1.165) is 43.6 Å². The van der Waals surface area contributed by atoms with E-state index in [1.807, 2.05) is 11.8 Å². The largest absolute Gasteiger partial charge is 0.409 e. The van der Waals surface area contributed by atoms with E-state index in [2.05, 4.69) is 10.5 Å². The lowest BCUT2D eigenvalue weighted by Crippen LogP contribution is -2.53. The summed E-state index contributed by atoms with van der Waals surface area (Å²) in [7, 11) is 0. The Bertz CT molecular complexity index is 348. The first kappa shape index (κ1) is 14.5. The van der Waals surface area contributed by atoms with Gasteiger partial charge in [-0.2, -0.15) is 11.8 Å². The molecule has 108 valence electrons. The van der Waals surface area contributed by atoms with Crippen molar-refractivity contribution in [2.45, 2.75) is 51.0 Å². The van der Waals surface area contributed by atoms with Crippen molar-refractivity contribution in [3.05, 3.63) is 0 Å². The third-order valence-corrected chi connectivity index (χ3v) is 5.35. The predicted molar refractivity (Wildman–Crippen MR) is 77.4 cm³/mol. The highest BCUT2D eigenvalue weighted by atomic mass is 32.2. The number of hydrogen-bond acceptors (Lipinski definition) is 4. The predicted octanol–water partition coefficient (Wildman–Crippen LogP) is 1.70. The van der Waals surface area contributed by atoms with Crippen LogP contribution in [0.15, 0.2) is 5.16 Å². The summed E-state index contributed by atoms with van der Waals surface area (Å²) >= 11 is 1.93. The monoisotopic (exact) mass is 285 g/mol. The zero-order valence-corrected chi connectivity index (χ0v) is 12.0. The fourth-order valence-electron chi connectivity index (χ4n) is 3.02. The second-order valence-corrected chi connectivity index (χ2v) is 6.71. The number of carbonyl (C=O) groups is 1. The summed E-state index contributed by atoms with van der Waals surface area (Å²) in [4.78, 5) is 12.6. The van der Waals surface area contributed by atoms with Gasteiger partial charge in [-0.25, -0.2) is 0 Å². The lowest BCUT2D eigenvalue weighted by molar-refractivity contribution is -0.129. The Labute approximate surface area is 118 Å². The van der Waals surface area contributed by atoms with Gasteiger partial charge in [-0.1, -0.05) is 24.4 Å². The number of amides is 1. The SMILES string of the molecule is NC(=NO)C1(C(=O)NC2CCSCC2)CCCCC1. The van der Waals surface area contributed by atoms with Crippen molar-refractivity contribution in [3.8, 4) is 0 Å². The summed E-state index contributed by atoms with van der Waals surface area (Å²) in [6.45, 7) is 0.